The molecule has 2 aromatic carbocycles. The topological polar surface area (TPSA) is 75.6 Å². The molecule has 0 heterocycles. The molecular formula is C20H23NO4. The van der Waals surface area contributed by atoms with Crippen LogP contribution in [0.5, 0.6) is 5.75 Å². The van der Waals surface area contributed by atoms with Crippen molar-refractivity contribution in [3.63, 3.8) is 0 Å². The van der Waals surface area contributed by atoms with Gasteiger partial charge in [-0.15, -0.1) is 0 Å². The van der Waals surface area contributed by atoms with Gasteiger partial charge in [0.25, 0.3) is 0 Å². The zero-order valence-electron chi connectivity index (χ0n) is 14.4. The molecule has 5 heteroatoms. The molecule has 0 aliphatic carbocycles. The van der Waals surface area contributed by atoms with Gasteiger partial charge in [0.1, 0.15) is 5.75 Å². The van der Waals surface area contributed by atoms with Gasteiger partial charge in [-0.05, 0) is 29.7 Å². The number of rotatable bonds is 8. The average Bonchev–Trinajstić information content (AvgIpc) is 2.62. The number of amides is 1. The lowest BCUT2D eigenvalue weighted by Gasteiger charge is -2.20. The lowest BCUT2D eigenvalue weighted by molar-refractivity contribution is -0.137. The van der Waals surface area contributed by atoms with Crippen LogP contribution in [0, 0.1) is 5.92 Å². The van der Waals surface area contributed by atoms with E-state index in [1.54, 1.807) is 7.11 Å². The van der Waals surface area contributed by atoms with Crippen LogP contribution in [0.25, 0.3) is 0 Å². The molecule has 2 aromatic rings. The van der Waals surface area contributed by atoms with E-state index in [-0.39, 0.29) is 18.2 Å². The molecule has 132 valence electrons. The molecule has 0 aromatic heterocycles. The molecule has 1 amide bonds. The second kappa shape index (κ2) is 8.87. The van der Waals surface area contributed by atoms with Crippen LogP contribution in [-0.4, -0.2) is 24.1 Å². The molecule has 0 aliphatic rings. The number of carbonyl (C=O) groups excluding carboxylic acids is 1. The summed E-state index contributed by atoms with van der Waals surface area (Å²) >= 11 is 0. The van der Waals surface area contributed by atoms with Gasteiger partial charge < -0.3 is 15.2 Å². The fourth-order valence-electron chi connectivity index (χ4n) is 2.63. The van der Waals surface area contributed by atoms with E-state index in [1.807, 2.05) is 61.5 Å². The number of aliphatic carboxylic acids is 1. The number of carbonyl (C=O) groups is 2. The second-order valence-corrected chi connectivity index (χ2v) is 6.02. The quantitative estimate of drug-likeness (QED) is 0.773. The fourth-order valence-corrected chi connectivity index (χ4v) is 2.63. The van der Waals surface area contributed by atoms with Crippen molar-refractivity contribution in [2.24, 2.45) is 5.92 Å². The number of hydrogen-bond acceptors (Lipinski definition) is 3. The Hall–Kier alpha value is -2.82. The van der Waals surface area contributed by atoms with E-state index in [1.165, 1.54) is 0 Å². The summed E-state index contributed by atoms with van der Waals surface area (Å²) in [7, 11) is 1.61. The van der Waals surface area contributed by atoms with Crippen molar-refractivity contribution in [1.29, 1.82) is 0 Å². The van der Waals surface area contributed by atoms with Gasteiger partial charge in [-0.3, -0.25) is 9.59 Å². The van der Waals surface area contributed by atoms with E-state index in [9.17, 15) is 9.59 Å². The minimum atomic E-state index is -0.947. The first-order valence-electron chi connectivity index (χ1n) is 8.19. The highest BCUT2D eigenvalue weighted by atomic mass is 16.5. The fraction of sp³-hybridized carbons (Fsp3) is 0.300. The average molecular weight is 341 g/mol. The molecule has 0 saturated carbocycles. The molecule has 2 rings (SSSR count). The van der Waals surface area contributed by atoms with Crippen LogP contribution in [0.15, 0.2) is 54.6 Å². The van der Waals surface area contributed by atoms with Gasteiger partial charge in [0, 0.05) is 5.92 Å². The first-order valence-corrected chi connectivity index (χ1v) is 8.19. The van der Waals surface area contributed by atoms with Crippen molar-refractivity contribution in [3.8, 4) is 5.75 Å². The summed E-state index contributed by atoms with van der Waals surface area (Å²) in [6.07, 6.45) is 0.426. The van der Waals surface area contributed by atoms with Gasteiger partial charge in [0.05, 0.1) is 19.6 Å². The zero-order chi connectivity index (χ0) is 18.2. The molecule has 0 saturated heterocycles. The van der Waals surface area contributed by atoms with Gasteiger partial charge in [0.15, 0.2) is 0 Å². The highest BCUT2D eigenvalue weighted by Gasteiger charge is 2.21. The molecule has 2 unspecified atom stereocenters. The summed E-state index contributed by atoms with van der Waals surface area (Å²) in [5, 5.41) is 12.0. The molecule has 2 atom stereocenters. The maximum absolute atomic E-state index is 12.5. The Morgan fingerprint density at radius 1 is 1.08 bits per heavy atom. The van der Waals surface area contributed by atoms with Crippen molar-refractivity contribution >= 4 is 11.9 Å². The number of benzene rings is 2. The SMILES string of the molecule is COc1ccc(CC(C)C(=O)NC(CC(=O)O)c2ccccc2)cc1. The Morgan fingerprint density at radius 3 is 2.28 bits per heavy atom. The number of ether oxygens (including phenoxy) is 1. The largest absolute Gasteiger partial charge is 0.497 e. The zero-order valence-corrected chi connectivity index (χ0v) is 14.4. The molecule has 0 radical (unpaired) electrons. The molecule has 0 bridgehead atoms. The van der Waals surface area contributed by atoms with Crippen molar-refractivity contribution < 1.29 is 19.4 Å². The Morgan fingerprint density at radius 2 is 1.72 bits per heavy atom. The van der Waals surface area contributed by atoms with Gasteiger partial charge in [0.2, 0.25) is 5.91 Å². The summed E-state index contributed by atoms with van der Waals surface area (Å²) in [6, 6.07) is 16.2. The molecule has 5 nitrogen and oxygen atoms in total. The van der Waals surface area contributed by atoms with Crippen molar-refractivity contribution in [2.45, 2.75) is 25.8 Å². The van der Waals surface area contributed by atoms with Crippen molar-refractivity contribution in [1.82, 2.24) is 5.32 Å². The van der Waals surface area contributed by atoms with Crippen LogP contribution in [0.2, 0.25) is 0 Å². The van der Waals surface area contributed by atoms with E-state index >= 15 is 0 Å². The van der Waals surface area contributed by atoms with Crippen LogP contribution in [-0.2, 0) is 16.0 Å². The Kier molecular flexibility index (Phi) is 6.57. The Bertz CT molecular complexity index is 697. The highest BCUT2D eigenvalue weighted by molar-refractivity contribution is 5.80. The number of hydrogen-bond donors (Lipinski definition) is 2. The smallest absolute Gasteiger partial charge is 0.305 e. The van der Waals surface area contributed by atoms with Gasteiger partial charge in [-0.2, -0.15) is 0 Å². The molecule has 2 N–H and O–H groups in total. The van der Waals surface area contributed by atoms with Crippen molar-refractivity contribution in [3.05, 3.63) is 65.7 Å². The van der Waals surface area contributed by atoms with E-state index in [2.05, 4.69) is 5.32 Å². The van der Waals surface area contributed by atoms with Gasteiger partial charge >= 0.3 is 5.97 Å². The first kappa shape index (κ1) is 18.5. The van der Waals surface area contributed by atoms with Crippen LogP contribution < -0.4 is 10.1 Å². The van der Waals surface area contributed by atoms with E-state index < -0.39 is 12.0 Å². The monoisotopic (exact) mass is 341 g/mol. The standard InChI is InChI=1S/C20H23NO4/c1-14(12-15-8-10-17(25-2)11-9-15)20(24)21-18(13-19(22)23)16-6-4-3-5-7-16/h3-11,14,18H,12-13H2,1-2H3,(H,21,24)(H,22,23). The third kappa shape index (κ3) is 5.64. The van der Waals surface area contributed by atoms with E-state index in [0.717, 1.165) is 16.9 Å². The van der Waals surface area contributed by atoms with Gasteiger partial charge in [-0.1, -0.05) is 49.4 Å². The Balaban J connectivity index is 2.02. The number of carboxylic acids is 1. The summed E-state index contributed by atoms with van der Waals surface area (Å²) < 4.78 is 5.13. The molecular weight excluding hydrogens is 318 g/mol. The third-order valence-electron chi connectivity index (χ3n) is 4.05. The van der Waals surface area contributed by atoms with Crippen LogP contribution in [0.3, 0.4) is 0 Å². The van der Waals surface area contributed by atoms with Crippen molar-refractivity contribution in [2.75, 3.05) is 7.11 Å². The minimum absolute atomic E-state index is 0.148. The van der Waals surface area contributed by atoms with Crippen LogP contribution in [0.4, 0.5) is 0 Å². The molecule has 25 heavy (non-hydrogen) atoms. The predicted molar refractivity (Wildman–Crippen MR) is 95.4 cm³/mol. The van der Waals surface area contributed by atoms with E-state index in [0.29, 0.717) is 6.42 Å². The third-order valence-corrected chi connectivity index (χ3v) is 4.05. The number of methoxy groups -OCH3 is 1. The summed E-state index contributed by atoms with van der Waals surface area (Å²) in [5.41, 5.74) is 1.81. The molecule has 0 fully saturated rings. The molecule has 0 spiro atoms. The lowest BCUT2D eigenvalue weighted by atomic mass is 9.98. The second-order valence-electron chi connectivity index (χ2n) is 6.02. The van der Waals surface area contributed by atoms with E-state index in [4.69, 9.17) is 9.84 Å². The first-order chi connectivity index (χ1) is 12.0. The number of carboxylic acid groups (broad SMARTS) is 1. The predicted octanol–water partition coefficient (Wildman–Crippen LogP) is 3.21. The highest BCUT2D eigenvalue weighted by Crippen LogP contribution is 2.19. The van der Waals surface area contributed by atoms with Gasteiger partial charge in [-0.25, -0.2) is 0 Å². The molecule has 0 aliphatic heterocycles. The number of nitrogens with one attached hydrogen (secondary N) is 1. The minimum Gasteiger partial charge on any atom is -0.497 e. The van der Waals surface area contributed by atoms with Crippen LogP contribution in [0.1, 0.15) is 30.5 Å². The normalized spacial score (nSPS) is 12.9. The summed E-state index contributed by atoms with van der Waals surface area (Å²) in [5.74, 6) is -0.609. The maximum Gasteiger partial charge on any atom is 0.305 e. The van der Waals surface area contributed by atoms with Crippen LogP contribution >= 0.6 is 0 Å². The Labute approximate surface area is 147 Å². The lowest BCUT2D eigenvalue weighted by Crippen LogP contribution is -2.34. The summed E-state index contributed by atoms with van der Waals surface area (Å²) in [4.78, 5) is 23.6. The maximum atomic E-state index is 12.5. The summed E-state index contributed by atoms with van der Waals surface area (Å²) in [6.45, 7) is 1.84.